The Morgan fingerprint density at radius 3 is 2.22 bits per heavy atom. The van der Waals surface area contributed by atoms with E-state index in [-0.39, 0.29) is 46.1 Å². The van der Waals surface area contributed by atoms with E-state index in [1.807, 2.05) is 41.3 Å². The zero-order valence-corrected chi connectivity index (χ0v) is 20.7. The molecule has 0 saturated heterocycles. The Morgan fingerprint density at radius 2 is 1.53 bits per heavy atom. The number of carbonyl (C=O) groups is 2. The second-order valence-electron chi connectivity index (χ2n) is 8.31. The number of aromatic carboxylic acids is 1. The largest absolute Gasteiger partial charge is 1.00 e. The number of fused-ring (bicyclic) bond motifs is 1. The average Bonchev–Trinajstić information content (AvgIpc) is 3.42. The van der Waals surface area contributed by atoms with Crippen LogP contribution in [0, 0.1) is 0 Å². The SMILES string of the molecule is O=C([O-])c1cc(-c2cccc(-c3ccc4c(c3)CN(C3CCCC3)C4=O)c2)ccc1Cl.[Na+]. The third-order valence-corrected chi connectivity index (χ3v) is 6.75. The first-order valence-corrected chi connectivity index (χ1v) is 10.9. The van der Waals surface area contributed by atoms with E-state index in [0.717, 1.165) is 46.2 Å². The van der Waals surface area contributed by atoms with E-state index in [1.54, 1.807) is 12.1 Å². The van der Waals surface area contributed by atoms with Crippen LogP contribution in [0.1, 0.15) is 52.0 Å². The quantitative estimate of drug-likeness (QED) is 0.567. The van der Waals surface area contributed by atoms with Gasteiger partial charge in [-0.2, -0.15) is 0 Å². The number of carbonyl (C=O) groups excluding carboxylic acids is 2. The molecule has 0 atom stereocenters. The number of nitrogens with zero attached hydrogens (tertiary/aromatic N) is 1. The summed E-state index contributed by atoms with van der Waals surface area (Å²) in [5, 5.41) is 11.5. The maximum absolute atomic E-state index is 12.8. The van der Waals surface area contributed by atoms with Crippen LogP contribution in [0.4, 0.5) is 0 Å². The van der Waals surface area contributed by atoms with E-state index in [1.165, 1.54) is 18.9 Å². The van der Waals surface area contributed by atoms with E-state index in [4.69, 9.17) is 11.6 Å². The van der Waals surface area contributed by atoms with E-state index >= 15 is 0 Å². The van der Waals surface area contributed by atoms with Crippen molar-refractivity contribution in [2.75, 3.05) is 0 Å². The standard InChI is InChI=1S/C26H22ClNO3.Na/c27-24-11-9-19(14-23(24)26(30)31)17-5-3-4-16(12-17)18-8-10-22-20(13-18)15-28(25(22)29)21-6-1-2-7-21;/h3-5,8-14,21H,1-2,6-7,15H2,(H,30,31);/q;+1/p-1. The maximum atomic E-state index is 12.8. The summed E-state index contributed by atoms with van der Waals surface area (Å²) in [7, 11) is 0. The van der Waals surface area contributed by atoms with E-state index in [2.05, 4.69) is 6.07 Å². The minimum atomic E-state index is -1.29. The van der Waals surface area contributed by atoms with Crippen molar-refractivity contribution in [3.63, 3.8) is 0 Å². The van der Waals surface area contributed by atoms with Gasteiger partial charge in [-0.15, -0.1) is 0 Å². The molecule has 1 fully saturated rings. The Morgan fingerprint density at radius 1 is 0.906 bits per heavy atom. The summed E-state index contributed by atoms with van der Waals surface area (Å²) in [5.74, 6) is -1.14. The van der Waals surface area contributed by atoms with Crippen molar-refractivity contribution >= 4 is 23.5 Å². The number of carboxylic acid groups (broad SMARTS) is 1. The molecule has 3 aromatic carbocycles. The molecule has 4 nitrogen and oxygen atoms in total. The van der Waals surface area contributed by atoms with E-state index < -0.39 is 5.97 Å². The van der Waals surface area contributed by atoms with Crippen LogP contribution in [-0.2, 0) is 6.54 Å². The molecule has 0 bridgehead atoms. The first-order valence-electron chi connectivity index (χ1n) is 10.6. The molecular formula is C26H21ClNNaO3. The van der Waals surface area contributed by atoms with Gasteiger partial charge < -0.3 is 14.8 Å². The summed E-state index contributed by atoms with van der Waals surface area (Å²) in [6, 6.07) is 19.2. The predicted molar refractivity (Wildman–Crippen MR) is 119 cm³/mol. The van der Waals surface area contributed by atoms with Crippen molar-refractivity contribution in [1.82, 2.24) is 4.90 Å². The number of rotatable bonds is 4. The molecule has 32 heavy (non-hydrogen) atoms. The Balaban J connectivity index is 0.00000245. The van der Waals surface area contributed by atoms with Crippen molar-refractivity contribution in [2.45, 2.75) is 38.3 Å². The van der Waals surface area contributed by atoms with Crippen LogP contribution in [-0.4, -0.2) is 22.8 Å². The van der Waals surface area contributed by atoms with Gasteiger partial charge in [0.05, 0.1) is 5.97 Å². The summed E-state index contributed by atoms with van der Waals surface area (Å²) in [5.41, 5.74) is 5.56. The molecule has 0 spiro atoms. The van der Waals surface area contributed by atoms with Crippen LogP contribution in [0.5, 0.6) is 0 Å². The molecule has 0 radical (unpaired) electrons. The first-order chi connectivity index (χ1) is 15.0. The van der Waals surface area contributed by atoms with Crippen LogP contribution >= 0.6 is 11.6 Å². The summed E-state index contributed by atoms with van der Waals surface area (Å²) >= 11 is 5.98. The molecular weight excluding hydrogens is 433 g/mol. The molecule has 2 aliphatic rings. The molecule has 1 saturated carbocycles. The molecule has 1 aliphatic heterocycles. The number of halogens is 1. The number of carboxylic acids is 1. The zero-order valence-electron chi connectivity index (χ0n) is 17.9. The fourth-order valence-corrected chi connectivity index (χ4v) is 4.97. The van der Waals surface area contributed by atoms with E-state index in [0.29, 0.717) is 12.6 Å². The van der Waals surface area contributed by atoms with Crippen molar-refractivity contribution in [2.24, 2.45) is 0 Å². The van der Waals surface area contributed by atoms with Crippen LogP contribution in [0.25, 0.3) is 22.3 Å². The van der Waals surface area contributed by atoms with Gasteiger partial charge >= 0.3 is 29.6 Å². The second kappa shape index (κ2) is 9.40. The van der Waals surface area contributed by atoms with E-state index in [9.17, 15) is 14.7 Å². The molecule has 0 N–H and O–H groups in total. The third-order valence-electron chi connectivity index (χ3n) is 6.42. The van der Waals surface area contributed by atoms with Crippen LogP contribution < -0.4 is 34.7 Å². The minimum absolute atomic E-state index is 0. The number of hydrogen-bond donors (Lipinski definition) is 0. The van der Waals surface area contributed by atoms with Gasteiger partial charge in [0, 0.05) is 28.7 Å². The summed E-state index contributed by atoms with van der Waals surface area (Å²) in [6.45, 7) is 0.679. The molecule has 1 heterocycles. The summed E-state index contributed by atoms with van der Waals surface area (Å²) < 4.78 is 0. The van der Waals surface area contributed by atoms with Crippen LogP contribution in [0.3, 0.4) is 0 Å². The minimum Gasteiger partial charge on any atom is -0.545 e. The monoisotopic (exact) mass is 453 g/mol. The normalized spacial score (nSPS) is 15.5. The summed E-state index contributed by atoms with van der Waals surface area (Å²) in [4.78, 5) is 26.2. The number of amides is 1. The second-order valence-corrected chi connectivity index (χ2v) is 8.71. The maximum Gasteiger partial charge on any atom is 1.00 e. The van der Waals surface area contributed by atoms with Gasteiger partial charge in [0.25, 0.3) is 5.91 Å². The molecule has 6 heteroatoms. The number of hydrogen-bond acceptors (Lipinski definition) is 3. The van der Waals surface area contributed by atoms with Crippen LogP contribution in [0.15, 0.2) is 60.7 Å². The fourth-order valence-electron chi connectivity index (χ4n) is 4.77. The average molecular weight is 454 g/mol. The van der Waals surface area contributed by atoms with Gasteiger partial charge in [-0.05, 0) is 71.0 Å². The van der Waals surface area contributed by atoms with Crippen molar-refractivity contribution in [3.05, 3.63) is 82.4 Å². The van der Waals surface area contributed by atoms with Crippen molar-refractivity contribution in [3.8, 4) is 22.3 Å². The Labute approximate surface area is 214 Å². The zero-order chi connectivity index (χ0) is 21.5. The Hall–Kier alpha value is -2.11. The van der Waals surface area contributed by atoms with Gasteiger partial charge in [-0.3, -0.25) is 4.79 Å². The molecule has 0 unspecified atom stereocenters. The van der Waals surface area contributed by atoms with Crippen molar-refractivity contribution < 1.29 is 44.3 Å². The Bertz CT molecular complexity index is 1200. The predicted octanol–water partition coefficient (Wildman–Crippen LogP) is 1.94. The van der Waals surface area contributed by atoms with Crippen molar-refractivity contribution in [1.29, 1.82) is 0 Å². The van der Waals surface area contributed by atoms with Gasteiger partial charge in [0.1, 0.15) is 0 Å². The summed E-state index contributed by atoms with van der Waals surface area (Å²) in [6.07, 6.45) is 4.60. The van der Waals surface area contributed by atoms with Gasteiger partial charge in [-0.1, -0.05) is 54.8 Å². The Kier molecular flexibility index (Phi) is 6.78. The molecule has 156 valence electrons. The molecule has 3 aromatic rings. The first kappa shape index (κ1) is 23.1. The molecule has 1 aliphatic carbocycles. The fraction of sp³-hybridized carbons (Fsp3) is 0.231. The smallest absolute Gasteiger partial charge is 0.545 e. The topological polar surface area (TPSA) is 60.4 Å². The molecule has 0 aromatic heterocycles. The molecule has 5 rings (SSSR count). The number of benzene rings is 3. The van der Waals surface area contributed by atoms with Gasteiger partial charge in [0.15, 0.2) is 0 Å². The van der Waals surface area contributed by atoms with Crippen LogP contribution in [0.2, 0.25) is 5.02 Å². The third kappa shape index (κ3) is 4.25. The van der Waals surface area contributed by atoms with Gasteiger partial charge in [-0.25, -0.2) is 0 Å². The molecule has 1 amide bonds. The van der Waals surface area contributed by atoms with Gasteiger partial charge in [0.2, 0.25) is 0 Å².